The number of nitrogens with zero attached hydrogens (tertiary/aromatic N) is 3. The SMILES string of the molecule is [2H]c1c([2H])c([2H])c(-c2cc(-c3ccc4cc(-c5ccccc5)ccc4c3)cc(-c3nc(-c4ccccc4)nc(-c4cccc5oc6ccccc6c45)n3)c2)c([2H])c1[2H]. The first-order valence-electron chi connectivity index (χ1n) is 19.9. The van der Waals surface area contributed by atoms with Crippen LogP contribution in [-0.4, -0.2) is 15.0 Å². The van der Waals surface area contributed by atoms with Crippen molar-refractivity contribution in [1.29, 1.82) is 0 Å². The summed E-state index contributed by atoms with van der Waals surface area (Å²) in [5.74, 6) is 1.26. The number of aromatic nitrogens is 3. The molecule has 2 heterocycles. The largest absolute Gasteiger partial charge is 0.456 e. The molecule has 4 heteroatoms. The van der Waals surface area contributed by atoms with Crippen molar-refractivity contribution in [3.05, 3.63) is 188 Å². The van der Waals surface area contributed by atoms with Crippen LogP contribution < -0.4 is 0 Å². The Morgan fingerprint density at radius 1 is 0.377 bits per heavy atom. The smallest absolute Gasteiger partial charge is 0.164 e. The first-order chi connectivity index (χ1) is 28.3. The molecule has 0 bridgehead atoms. The molecule has 0 N–H and O–H groups in total. The molecule has 10 aromatic rings. The van der Waals surface area contributed by atoms with Crippen molar-refractivity contribution in [2.45, 2.75) is 0 Å². The molecule has 0 radical (unpaired) electrons. The number of para-hydroxylation sites is 1. The van der Waals surface area contributed by atoms with Gasteiger partial charge in [-0.3, -0.25) is 0 Å². The van der Waals surface area contributed by atoms with E-state index < -0.39 is 18.1 Å². The van der Waals surface area contributed by atoms with Crippen molar-refractivity contribution < 1.29 is 11.3 Å². The lowest BCUT2D eigenvalue weighted by Gasteiger charge is -2.13. The van der Waals surface area contributed by atoms with Gasteiger partial charge in [0, 0.05) is 27.5 Å². The van der Waals surface area contributed by atoms with Gasteiger partial charge in [0.05, 0.1) is 6.85 Å². The lowest BCUT2D eigenvalue weighted by molar-refractivity contribution is 0.669. The Hall–Kier alpha value is -7.17. The van der Waals surface area contributed by atoms with Gasteiger partial charge in [-0.05, 0) is 86.6 Å². The molecule has 0 aliphatic heterocycles. The summed E-state index contributed by atoms with van der Waals surface area (Å²) >= 11 is 0. The van der Waals surface area contributed by atoms with Crippen LogP contribution in [0.15, 0.2) is 192 Å². The number of benzene rings is 8. The average Bonchev–Trinajstić information content (AvgIpc) is 3.67. The second-order valence-corrected chi connectivity index (χ2v) is 12.9. The standard InChI is InChI=1S/C49H31N3O/c1-4-13-32(14-5-1)35-23-24-37-28-38(26-25-36(37)27-35)40-29-39(33-15-6-2-7-16-33)30-41(31-40)48-50-47(34-17-8-3-9-18-34)51-49(52-48)43-20-12-22-45-46(43)42-19-10-11-21-44(42)53-45/h1-31H/i2D,6D,7D,15D,16D. The molecule has 0 saturated heterocycles. The maximum Gasteiger partial charge on any atom is 0.164 e. The fraction of sp³-hybridized carbons (Fsp3) is 0. The maximum atomic E-state index is 8.92. The van der Waals surface area contributed by atoms with Gasteiger partial charge in [-0.15, -0.1) is 0 Å². The summed E-state index contributed by atoms with van der Waals surface area (Å²) in [6, 6.07) is 50.1. The number of fused-ring (bicyclic) bond motifs is 4. The highest BCUT2D eigenvalue weighted by Crippen LogP contribution is 2.38. The minimum atomic E-state index is -0.449. The molecular weight excluding hydrogens is 647 g/mol. The van der Waals surface area contributed by atoms with E-state index in [0.717, 1.165) is 60.5 Å². The quantitative estimate of drug-likeness (QED) is 0.175. The fourth-order valence-corrected chi connectivity index (χ4v) is 7.00. The van der Waals surface area contributed by atoms with E-state index in [9.17, 15) is 0 Å². The Bertz CT molecular complexity index is 3210. The van der Waals surface area contributed by atoms with Crippen molar-refractivity contribution in [2.75, 3.05) is 0 Å². The van der Waals surface area contributed by atoms with Gasteiger partial charge in [-0.25, -0.2) is 15.0 Å². The molecule has 0 atom stereocenters. The molecule has 0 aliphatic carbocycles. The first-order valence-corrected chi connectivity index (χ1v) is 17.4. The molecule has 0 aliphatic rings. The summed E-state index contributed by atoms with van der Waals surface area (Å²) in [6.07, 6.45) is 0. The molecule has 2 aromatic heterocycles. The molecule has 0 unspecified atom stereocenters. The Morgan fingerprint density at radius 2 is 0.943 bits per heavy atom. The van der Waals surface area contributed by atoms with Crippen molar-refractivity contribution in [3.8, 4) is 67.5 Å². The predicted octanol–water partition coefficient (Wildman–Crippen LogP) is 12.9. The lowest BCUT2D eigenvalue weighted by Crippen LogP contribution is -2.01. The van der Waals surface area contributed by atoms with Crippen molar-refractivity contribution in [2.24, 2.45) is 0 Å². The van der Waals surface area contributed by atoms with Crippen LogP contribution in [-0.2, 0) is 0 Å². The summed E-state index contributed by atoms with van der Waals surface area (Å²) in [7, 11) is 0. The number of hydrogen-bond acceptors (Lipinski definition) is 4. The zero-order valence-electron chi connectivity index (χ0n) is 33.3. The van der Waals surface area contributed by atoms with Gasteiger partial charge in [0.1, 0.15) is 11.2 Å². The highest BCUT2D eigenvalue weighted by Gasteiger charge is 2.19. The van der Waals surface area contributed by atoms with Gasteiger partial charge >= 0.3 is 0 Å². The van der Waals surface area contributed by atoms with Crippen LogP contribution in [0, 0.1) is 0 Å². The summed E-state index contributed by atoms with van der Waals surface area (Å²) in [5, 5.41) is 3.92. The van der Waals surface area contributed by atoms with Gasteiger partial charge in [-0.1, -0.05) is 145 Å². The van der Waals surface area contributed by atoms with Gasteiger partial charge in [-0.2, -0.15) is 0 Å². The van der Waals surface area contributed by atoms with Crippen LogP contribution in [0.25, 0.3) is 100 Å². The van der Waals surface area contributed by atoms with Crippen LogP contribution >= 0.6 is 0 Å². The summed E-state index contributed by atoms with van der Waals surface area (Å²) in [4.78, 5) is 15.2. The van der Waals surface area contributed by atoms with Gasteiger partial charge in [0.2, 0.25) is 0 Å². The lowest BCUT2D eigenvalue weighted by atomic mass is 9.93. The first kappa shape index (κ1) is 25.7. The molecule has 0 amide bonds. The van der Waals surface area contributed by atoms with Crippen molar-refractivity contribution >= 4 is 32.7 Å². The third-order valence-electron chi connectivity index (χ3n) is 9.57. The predicted molar refractivity (Wildman–Crippen MR) is 217 cm³/mol. The normalized spacial score (nSPS) is 12.7. The van der Waals surface area contributed by atoms with Crippen molar-refractivity contribution in [3.63, 3.8) is 0 Å². The summed E-state index contributed by atoms with van der Waals surface area (Å²) in [5.41, 5.74) is 8.04. The molecule has 53 heavy (non-hydrogen) atoms. The average molecular weight is 683 g/mol. The summed E-state index contributed by atoms with van der Waals surface area (Å²) < 4.78 is 49.3. The maximum absolute atomic E-state index is 8.92. The van der Waals surface area contributed by atoms with Crippen LogP contribution in [0.1, 0.15) is 6.85 Å². The Morgan fingerprint density at radius 3 is 1.68 bits per heavy atom. The highest BCUT2D eigenvalue weighted by molar-refractivity contribution is 6.11. The van der Waals surface area contributed by atoms with E-state index in [1.807, 2.05) is 109 Å². The van der Waals surface area contributed by atoms with Crippen LogP contribution in [0.5, 0.6) is 0 Å². The minimum Gasteiger partial charge on any atom is -0.456 e. The topological polar surface area (TPSA) is 51.8 Å². The molecule has 10 rings (SSSR count). The zero-order valence-corrected chi connectivity index (χ0v) is 28.3. The van der Waals surface area contributed by atoms with Crippen LogP contribution in [0.4, 0.5) is 0 Å². The Balaban J connectivity index is 1.21. The van der Waals surface area contributed by atoms with E-state index in [-0.39, 0.29) is 17.6 Å². The third-order valence-corrected chi connectivity index (χ3v) is 9.57. The Kier molecular flexibility index (Phi) is 6.24. The molecule has 0 saturated carbocycles. The van der Waals surface area contributed by atoms with E-state index in [2.05, 4.69) is 42.5 Å². The van der Waals surface area contributed by atoms with E-state index in [0.29, 0.717) is 34.2 Å². The van der Waals surface area contributed by atoms with Gasteiger partial charge in [0.25, 0.3) is 0 Å². The second-order valence-electron chi connectivity index (χ2n) is 12.9. The van der Waals surface area contributed by atoms with Gasteiger partial charge < -0.3 is 4.42 Å². The van der Waals surface area contributed by atoms with E-state index in [1.165, 1.54) is 0 Å². The molecule has 8 aromatic carbocycles. The summed E-state index contributed by atoms with van der Waals surface area (Å²) in [6.45, 7) is 0. The Labute approximate surface area is 313 Å². The third kappa shape index (κ3) is 5.73. The molecule has 0 fully saturated rings. The van der Waals surface area contributed by atoms with E-state index >= 15 is 0 Å². The number of hydrogen-bond donors (Lipinski definition) is 0. The molecule has 248 valence electrons. The van der Waals surface area contributed by atoms with Crippen molar-refractivity contribution in [1.82, 2.24) is 15.0 Å². The van der Waals surface area contributed by atoms with Crippen LogP contribution in [0.3, 0.4) is 0 Å². The fourth-order valence-electron chi connectivity index (χ4n) is 7.00. The van der Waals surface area contributed by atoms with Crippen LogP contribution in [0.2, 0.25) is 0 Å². The second kappa shape index (κ2) is 12.9. The number of furan rings is 1. The molecule has 0 spiro atoms. The van der Waals surface area contributed by atoms with E-state index in [1.54, 1.807) is 6.07 Å². The van der Waals surface area contributed by atoms with E-state index in [4.69, 9.17) is 26.2 Å². The molecule has 4 nitrogen and oxygen atoms in total. The molecular formula is C49H31N3O. The number of rotatable bonds is 6. The zero-order chi connectivity index (χ0) is 39.5. The highest BCUT2D eigenvalue weighted by atomic mass is 16.3. The monoisotopic (exact) mass is 682 g/mol. The van der Waals surface area contributed by atoms with Gasteiger partial charge in [0.15, 0.2) is 17.5 Å². The minimum absolute atomic E-state index is 0.0922.